The Morgan fingerprint density at radius 2 is 1.14 bits per heavy atom. The van der Waals surface area contributed by atoms with Gasteiger partial charge in [-0.15, -0.1) is 0 Å². The Morgan fingerprint density at radius 1 is 0.682 bits per heavy atom. The molecule has 0 unspecified atom stereocenters. The van der Waals surface area contributed by atoms with Crippen molar-refractivity contribution in [3.8, 4) is 0 Å². The predicted molar refractivity (Wildman–Crippen MR) is 86.1 cm³/mol. The summed E-state index contributed by atoms with van der Waals surface area (Å²) >= 11 is 0. The summed E-state index contributed by atoms with van der Waals surface area (Å²) in [5.74, 6) is 0. The molecule has 0 saturated carbocycles. The van der Waals surface area contributed by atoms with Gasteiger partial charge in [0.15, 0.2) is 0 Å². The summed E-state index contributed by atoms with van der Waals surface area (Å²) in [5, 5.41) is 1.95. The molecular weight excluding hydrogens is 276 g/mol. The number of benzene rings is 2. The van der Waals surface area contributed by atoms with E-state index in [4.69, 9.17) is 8.83 Å². The van der Waals surface area contributed by atoms with Crippen LogP contribution in [0.3, 0.4) is 0 Å². The van der Waals surface area contributed by atoms with E-state index < -0.39 is 0 Å². The molecular formula is C18H12N2O2. The molecule has 0 saturated heterocycles. The van der Waals surface area contributed by atoms with Gasteiger partial charge in [0.1, 0.15) is 22.2 Å². The summed E-state index contributed by atoms with van der Waals surface area (Å²) in [4.78, 5) is 9.30. The third-order valence-corrected chi connectivity index (χ3v) is 4.03. The zero-order chi connectivity index (χ0) is 14.8. The van der Waals surface area contributed by atoms with E-state index in [2.05, 4.69) is 22.1 Å². The Labute approximate surface area is 125 Å². The van der Waals surface area contributed by atoms with Gasteiger partial charge in [-0.25, -0.2) is 9.97 Å². The fourth-order valence-corrected chi connectivity index (χ4v) is 2.94. The maximum Gasteiger partial charge on any atom is 0.247 e. The lowest BCUT2D eigenvalue weighted by molar-refractivity contribution is 0.644. The van der Waals surface area contributed by atoms with Gasteiger partial charge in [-0.1, -0.05) is 23.3 Å². The van der Waals surface area contributed by atoms with Crippen molar-refractivity contribution in [1.29, 1.82) is 0 Å². The Hall–Kier alpha value is -2.88. The van der Waals surface area contributed by atoms with Crippen LogP contribution in [0, 0.1) is 13.8 Å². The van der Waals surface area contributed by atoms with Crippen LogP contribution in [-0.4, -0.2) is 9.97 Å². The van der Waals surface area contributed by atoms with Gasteiger partial charge in [-0.05, 0) is 38.1 Å². The second kappa shape index (κ2) is 3.85. The van der Waals surface area contributed by atoms with Crippen molar-refractivity contribution in [2.75, 3.05) is 0 Å². The summed E-state index contributed by atoms with van der Waals surface area (Å²) in [5.41, 5.74) is 6.54. The van der Waals surface area contributed by atoms with Gasteiger partial charge in [0.05, 0.1) is 0 Å². The third-order valence-electron chi connectivity index (χ3n) is 4.03. The molecule has 3 heterocycles. The zero-order valence-corrected chi connectivity index (χ0v) is 12.2. The van der Waals surface area contributed by atoms with E-state index in [1.54, 1.807) is 0 Å². The normalized spacial score (nSPS) is 12.1. The fourth-order valence-electron chi connectivity index (χ4n) is 2.94. The van der Waals surface area contributed by atoms with Crippen LogP contribution in [0.5, 0.6) is 0 Å². The Morgan fingerprint density at radius 3 is 1.59 bits per heavy atom. The molecule has 4 heteroatoms. The fraction of sp³-hybridized carbons (Fsp3) is 0.111. The highest BCUT2D eigenvalue weighted by atomic mass is 16.4. The highest BCUT2D eigenvalue weighted by molar-refractivity contribution is 6.07. The standard InChI is InChI=1S/C18H12N2O2/c1-9-3-5-13-11(7-9)15-17(21-13)20-16-12-8-10(2)4-6-14(12)22-18(16)19-15/h3-8H,1-2H3. The third kappa shape index (κ3) is 1.46. The molecule has 2 aromatic carbocycles. The molecule has 0 N–H and O–H groups in total. The highest BCUT2D eigenvalue weighted by Gasteiger charge is 2.16. The van der Waals surface area contributed by atoms with Crippen LogP contribution in [0.15, 0.2) is 45.2 Å². The van der Waals surface area contributed by atoms with Gasteiger partial charge < -0.3 is 8.83 Å². The van der Waals surface area contributed by atoms with E-state index >= 15 is 0 Å². The molecule has 0 aliphatic heterocycles. The molecule has 0 amide bonds. The van der Waals surface area contributed by atoms with Crippen LogP contribution in [0.25, 0.3) is 44.4 Å². The average molecular weight is 288 g/mol. The number of aryl methyl sites for hydroxylation is 2. The number of hydrogen-bond acceptors (Lipinski definition) is 4. The predicted octanol–water partition coefficient (Wildman–Crippen LogP) is 4.89. The quantitative estimate of drug-likeness (QED) is 0.407. The van der Waals surface area contributed by atoms with Crippen LogP contribution in [0.4, 0.5) is 0 Å². The van der Waals surface area contributed by atoms with Crippen molar-refractivity contribution < 1.29 is 8.83 Å². The summed E-state index contributed by atoms with van der Waals surface area (Å²) < 4.78 is 11.7. The number of furan rings is 2. The molecule has 106 valence electrons. The van der Waals surface area contributed by atoms with E-state index in [1.165, 1.54) is 0 Å². The lowest BCUT2D eigenvalue weighted by Crippen LogP contribution is -1.81. The number of fused-ring (bicyclic) bond motifs is 6. The first kappa shape index (κ1) is 11.7. The molecule has 5 aromatic rings. The minimum Gasteiger partial charge on any atom is -0.436 e. The first-order valence-electron chi connectivity index (χ1n) is 7.19. The van der Waals surface area contributed by atoms with Crippen molar-refractivity contribution in [2.45, 2.75) is 13.8 Å². The summed E-state index contributed by atoms with van der Waals surface area (Å²) in [6, 6.07) is 12.1. The molecule has 0 spiro atoms. The summed E-state index contributed by atoms with van der Waals surface area (Å²) in [7, 11) is 0. The van der Waals surface area contributed by atoms with Gasteiger partial charge in [0.2, 0.25) is 11.4 Å². The van der Waals surface area contributed by atoms with Gasteiger partial charge >= 0.3 is 0 Å². The molecule has 0 fully saturated rings. The molecule has 0 aliphatic carbocycles. The topological polar surface area (TPSA) is 52.1 Å². The monoisotopic (exact) mass is 288 g/mol. The maximum absolute atomic E-state index is 5.85. The molecule has 5 rings (SSSR count). The maximum atomic E-state index is 5.85. The molecule has 3 aromatic heterocycles. The van der Waals surface area contributed by atoms with Gasteiger partial charge in [-0.3, -0.25) is 0 Å². The lowest BCUT2D eigenvalue weighted by atomic mass is 10.1. The van der Waals surface area contributed by atoms with Gasteiger partial charge in [0, 0.05) is 10.8 Å². The summed E-state index contributed by atoms with van der Waals surface area (Å²) in [6.45, 7) is 4.10. The minimum absolute atomic E-state index is 0.553. The van der Waals surface area contributed by atoms with Crippen LogP contribution >= 0.6 is 0 Å². The number of aromatic nitrogens is 2. The average Bonchev–Trinajstić information content (AvgIpc) is 3.02. The van der Waals surface area contributed by atoms with Crippen molar-refractivity contribution in [3.63, 3.8) is 0 Å². The zero-order valence-electron chi connectivity index (χ0n) is 12.2. The molecule has 0 radical (unpaired) electrons. The van der Waals surface area contributed by atoms with Gasteiger partial charge in [-0.2, -0.15) is 0 Å². The van der Waals surface area contributed by atoms with Gasteiger partial charge in [0.25, 0.3) is 0 Å². The van der Waals surface area contributed by atoms with E-state index in [9.17, 15) is 0 Å². The Kier molecular flexibility index (Phi) is 2.06. The molecule has 0 atom stereocenters. The van der Waals surface area contributed by atoms with Crippen molar-refractivity contribution in [1.82, 2.24) is 9.97 Å². The van der Waals surface area contributed by atoms with Crippen molar-refractivity contribution in [3.05, 3.63) is 47.5 Å². The van der Waals surface area contributed by atoms with E-state index in [-0.39, 0.29) is 0 Å². The molecule has 4 nitrogen and oxygen atoms in total. The second-order valence-corrected chi connectivity index (χ2v) is 5.73. The number of rotatable bonds is 0. The van der Waals surface area contributed by atoms with Crippen molar-refractivity contribution >= 4 is 44.4 Å². The smallest absolute Gasteiger partial charge is 0.247 e. The lowest BCUT2D eigenvalue weighted by Gasteiger charge is -1.91. The van der Waals surface area contributed by atoms with E-state index in [0.717, 1.165) is 44.1 Å². The van der Waals surface area contributed by atoms with Crippen LogP contribution in [0.2, 0.25) is 0 Å². The molecule has 0 bridgehead atoms. The number of nitrogens with zero attached hydrogens (tertiary/aromatic N) is 2. The Bertz CT molecular complexity index is 1100. The largest absolute Gasteiger partial charge is 0.436 e. The molecule has 0 aliphatic rings. The second-order valence-electron chi connectivity index (χ2n) is 5.73. The first-order chi connectivity index (χ1) is 10.7. The Balaban J connectivity index is 1.99. The number of hydrogen-bond donors (Lipinski definition) is 0. The van der Waals surface area contributed by atoms with E-state index in [0.29, 0.717) is 11.4 Å². The van der Waals surface area contributed by atoms with Crippen LogP contribution < -0.4 is 0 Å². The van der Waals surface area contributed by atoms with E-state index in [1.807, 2.05) is 38.1 Å². The highest BCUT2D eigenvalue weighted by Crippen LogP contribution is 2.32. The summed E-state index contributed by atoms with van der Waals surface area (Å²) in [6.07, 6.45) is 0. The van der Waals surface area contributed by atoms with Crippen LogP contribution in [-0.2, 0) is 0 Å². The molecule has 22 heavy (non-hydrogen) atoms. The van der Waals surface area contributed by atoms with Crippen molar-refractivity contribution in [2.24, 2.45) is 0 Å². The minimum atomic E-state index is 0.553. The SMILES string of the molecule is Cc1ccc2oc3nc4c(nc3c2c1)oc1ccc(C)cc14. The van der Waals surface area contributed by atoms with Crippen LogP contribution in [0.1, 0.15) is 11.1 Å². The first-order valence-corrected chi connectivity index (χ1v) is 7.19.